The van der Waals surface area contributed by atoms with Gasteiger partial charge in [0.1, 0.15) is 37.0 Å². The first-order chi connectivity index (χ1) is 21.4. The lowest BCUT2D eigenvalue weighted by Crippen LogP contribution is -2.69. The minimum Gasteiger partial charge on any atom is -0.463 e. The summed E-state index contributed by atoms with van der Waals surface area (Å²) >= 11 is 0. The van der Waals surface area contributed by atoms with Crippen LogP contribution in [0.2, 0.25) is 0 Å². The molecule has 0 radical (unpaired) electrons. The molecule has 1 aromatic carbocycles. The molecule has 0 aliphatic carbocycles. The molecule has 1 saturated heterocycles. The molecule has 0 unspecified atom stereocenters. The van der Waals surface area contributed by atoms with E-state index in [1.807, 2.05) is 0 Å². The van der Waals surface area contributed by atoms with Gasteiger partial charge in [-0.05, 0) is 26.3 Å². The van der Waals surface area contributed by atoms with Crippen LogP contribution < -0.4 is 16.0 Å². The zero-order valence-electron chi connectivity index (χ0n) is 26.8. The molecule has 3 N–H and O–H groups in total. The van der Waals surface area contributed by atoms with E-state index in [9.17, 15) is 33.6 Å². The van der Waals surface area contributed by atoms with Crippen LogP contribution in [-0.2, 0) is 63.8 Å². The van der Waals surface area contributed by atoms with Gasteiger partial charge in [-0.15, -0.1) is 0 Å². The molecule has 254 valence electrons. The second kappa shape index (κ2) is 17.1. The zero-order valence-corrected chi connectivity index (χ0v) is 26.8. The molecule has 16 nitrogen and oxygen atoms in total. The average molecular weight is 652 g/mol. The summed E-state index contributed by atoms with van der Waals surface area (Å²) < 4.78 is 32.3. The van der Waals surface area contributed by atoms with Gasteiger partial charge in [-0.25, -0.2) is 9.59 Å². The fraction of sp³-hybridized carbons (Fsp3) is 0.567. The summed E-state index contributed by atoms with van der Waals surface area (Å²) in [5.74, 6) is -4.78. The third-order valence-electron chi connectivity index (χ3n) is 6.01. The predicted molar refractivity (Wildman–Crippen MR) is 156 cm³/mol. The molecule has 0 saturated carbocycles. The number of nitrogens with one attached hydrogen (secondary N) is 3. The van der Waals surface area contributed by atoms with Crippen LogP contribution in [-0.4, -0.2) is 90.6 Å². The summed E-state index contributed by atoms with van der Waals surface area (Å²) in [7, 11) is 0. The quantitative estimate of drug-likeness (QED) is 0.211. The van der Waals surface area contributed by atoms with E-state index in [4.69, 9.17) is 28.4 Å². The van der Waals surface area contributed by atoms with Crippen LogP contribution in [0.1, 0.15) is 60.5 Å². The first-order valence-electron chi connectivity index (χ1n) is 14.3. The van der Waals surface area contributed by atoms with Crippen LogP contribution in [0.15, 0.2) is 30.3 Å². The number of amides is 3. The van der Waals surface area contributed by atoms with Gasteiger partial charge in [0.25, 0.3) is 0 Å². The number of benzene rings is 1. The molecule has 0 aromatic heterocycles. The van der Waals surface area contributed by atoms with Gasteiger partial charge in [-0.2, -0.15) is 0 Å². The van der Waals surface area contributed by atoms with Gasteiger partial charge < -0.3 is 44.4 Å². The maximum absolute atomic E-state index is 13.4. The lowest BCUT2D eigenvalue weighted by atomic mass is 9.95. The van der Waals surface area contributed by atoms with Crippen LogP contribution in [0.25, 0.3) is 0 Å². The fourth-order valence-corrected chi connectivity index (χ4v) is 4.33. The van der Waals surface area contributed by atoms with Crippen molar-refractivity contribution >= 4 is 41.8 Å². The minimum absolute atomic E-state index is 0.149. The summed E-state index contributed by atoms with van der Waals surface area (Å²) in [6, 6.07) is 5.84. The Kier molecular flexibility index (Phi) is 13.9. The van der Waals surface area contributed by atoms with E-state index in [2.05, 4.69) is 16.0 Å². The lowest BCUT2D eigenvalue weighted by Gasteiger charge is -2.45. The number of ether oxygens (including phenoxy) is 6. The SMILES string of the molecule is CC(=O)N[C@@H]1[C@@H](OC(C)=O)[C@H](OC(C)=O)[C@@H](COC(C)=O)O[C@H]1NC(=O)C[C@H](NC(=O)OC(C)(C)C)C(=O)OCc1ccccc1. The van der Waals surface area contributed by atoms with E-state index < -0.39 is 97.0 Å². The fourth-order valence-electron chi connectivity index (χ4n) is 4.33. The van der Waals surface area contributed by atoms with Crippen LogP contribution in [0.4, 0.5) is 4.79 Å². The Morgan fingerprint density at radius 2 is 1.43 bits per heavy atom. The van der Waals surface area contributed by atoms with E-state index in [1.54, 1.807) is 51.1 Å². The molecule has 0 bridgehead atoms. The molecule has 16 heteroatoms. The second-order valence-corrected chi connectivity index (χ2v) is 11.3. The smallest absolute Gasteiger partial charge is 0.408 e. The number of alkyl carbamates (subject to hydrolysis) is 1. The van der Waals surface area contributed by atoms with Gasteiger partial charge in [0.05, 0.1) is 6.42 Å². The topological polar surface area (TPSA) is 211 Å². The lowest BCUT2D eigenvalue weighted by molar-refractivity contribution is -0.228. The van der Waals surface area contributed by atoms with E-state index in [0.717, 1.165) is 27.7 Å². The molecule has 1 aromatic rings. The first-order valence-corrected chi connectivity index (χ1v) is 14.3. The molecule has 1 aliphatic rings. The zero-order chi connectivity index (χ0) is 34.6. The molecule has 3 amide bonds. The van der Waals surface area contributed by atoms with E-state index in [-0.39, 0.29) is 6.61 Å². The maximum Gasteiger partial charge on any atom is 0.408 e. The van der Waals surface area contributed by atoms with Crippen molar-refractivity contribution < 1.29 is 62.0 Å². The highest BCUT2D eigenvalue weighted by Crippen LogP contribution is 2.26. The number of hydrogen-bond acceptors (Lipinski definition) is 13. The van der Waals surface area contributed by atoms with Crippen molar-refractivity contribution in [1.82, 2.24) is 16.0 Å². The Balaban J connectivity index is 2.36. The third-order valence-corrected chi connectivity index (χ3v) is 6.01. The van der Waals surface area contributed by atoms with Crippen molar-refractivity contribution in [1.29, 1.82) is 0 Å². The Bertz CT molecular complexity index is 1260. The van der Waals surface area contributed by atoms with Gasteiger partial charge in [-0.3, -0.25) is 24.0 Å². The number of carbonyl (C=O) groups excluding carboxylic acids is 7. The number of esters is 4. The molecule has 1 heterocycles. The number of carbonyl (C=O) groups is 7. The molecular weight excluding hydrogens is 610 g/mol. The maximum atomic E-state index is 13.4. The van der Waals surface area contributed by atoms with Gasteiger partial charge >= 0.3 is 30.0 Å². The van der Waals surface area contributed by atoms with Crippen molar-refractivity contribution in [3.05, 3.63) is 35.9 Å². The standard InChI is InChI=1S/C30H41N3O13/c1-16(34)31-24-26(44-19(4)37)25(43-18(3)36)22(15-41-17(2)35)45-27(24)33-23(38)13-21(32-29(40)46-30(5,6)7)28(39)42-14-20-11-9-8-10-12-20/h8-12,21-22,24-27H,13-15H2,1-7H3,(H,31,34)(H,32,40)(H,33,38)/t21-,22+,24+,25+,26+,27+/m0/s1. The first kappa shape index (κ1) is 37.5. The highest BCUT2D eigenvalue weighted by Gasteiger charge is 2.51. The van der Waals surface area contributed by atoms with Gasteiger partial charge in [-0.1, -0.05) is 30.3 Å². The van der Waals surface area contributed by atoms with Crippen molar-refractivity contribution in [2.24, 2.45) is 0 Å². The third kappa shape index (κ3) is 13.1. The summed E-state index contributed by atoms with van der Waals surface area (Å²) in [5, 5.41) is 7.35. The molecular formula is C30H41N3O13. The highest BCUT2D eigenvalue weighted by molar-refractivity contribution is 5.88. The van der Waals surface area contributed by atoms with Crippen molar-refractivity contribution in [2.75, 3.05) is 6.61 Å². The predicted octanol–water partition coefficient (Wildman–Crippen LogP) is 0.786. The Hall–Kier alpha value is -4.73. The van der Waals surface area contributed by atoms with E-state index >= 15 is 0 Å². The molecule has 46 heavy (non-hydrogen) atoms. The van der Waals surface area contributed by atoms with E-state index in [0.29, 0.717) is 5.56 Å². The molecule has 0 spiro atoms. The van der Waals surface area contributed by atoms with Crippen LogP contribution in [0, 0.1) is 0 Å². The van der Waals surface area contributed by atoms with E-state index in [1.165, 1.54) is 0 Å². The van der Waals surface area contributed by atoms with Gasteiger partial charge in [0.15, 0.2) is 18.4 Å². The monoisotopic (exact) mass is 651 g/mol. The van der Waals surface area contributed by atoms with Gasteiger partial charge in [0.2, 0.25) is 11.8 Å². The largest absolute Gasteiger partial charge is 0.463 e. The van der Waals surface area contributed by atoms with Crippen LogP contribution in [0.5, 0.6) is 0 Å². The molecule has 6 atom stereocenters. The van der Waals surface area contributed by atoms with Crippen LogP contribution >= 0.6 is 0 Å². The average Bonchev–Trinajstić information content (AvgIpc) is 2.92. The summed E-state index contributed by atoms with van der Waals surface area (Å²) in [4.78, 5) is 86.7. The summed E-state index contributed by atoms with van der Waals surface area (Å²) in [6.45, 7) is 8.64. The number of hydrogen-bond donors (Lipinski definition) is 3. The highest BCUT2D eigenvalue weighted by atomic mass is 16.6. The Labute approximate surface area is 266 Å². The van der Waals surface area contributed by atoms with Gasteiger partial charge in [0, 0.05) is 27.7 Å². The summed E-state index contributed by atoms with van der Waals surface area (Å²) in [5.41, 5.74) is -0.268. The Morgan fingerprint density at radius 1 is 0.826 bits per heavy atom. The second-order valence-electron chi connectivity index (χ2n) is 11.3. The normalized spacial score (nSPS) is 21.4. The molecule has 2 rings (SSSR count). The molecule has 1 aliphatic heterocycles. The summed E-state index contributed by atoms with van der Waals surface area (Å²) in [6.07, 6.45) is -7.22. The van der Waals surface area contributed by atoms with Crippen molar-refractivity contribution in [2.45, 2.75) is 104 Å². The Morgan fingerprint density at radius 3 is 1.98 bits per heavy atom. The number of rotatable bonds is 12. The minimum atomic E-state index is -1.53. The molecule has 1 fully saturated rings. The van der Waals surface area contributed by atoms with Crippen LogP contribution in [0.3, 0.4) is 0 Å². The van der Waals surface area contributed by atoms with Crippen molar-refractivity contribution in [3.63, 3.8) is 0 Å². The van der Waals surface area contributed by atoms with Crippen molar-refractivity contribution in [3.8, 4) is 0 Å².